The molecule has 2 aromatic heterocycles. The van der Waals surface area contributed by atoms with Crippen molar-refractivity contribution in [3.05, 3.63) is 65.9 Å². The van der Waals surface area contributed by atoms with E-state index >= 15 is 0 Å². The average Bonchev–Trinajstić information content (AvgIpc) is 3.27. The highest BCUT2D eigenvalue weighted by molar-refractivity contribution is 7.99. The largest absolute Gasteiger partial charge is 0.573 e. The highest BCUT2D eigenvalue weighted by Gasteiger charge is 2.33. The zero-order valence-corrected chi connectivity index (χ0v) is 20.6. The Hall–Kier alpha value is -3.84. The number of carbonyl (C=O) groups is 2. The lowest BCUT2D eigenvalue weighted by Gasteiger charge is -2.37. The molecule has 13 heteroatoms. The van der Waals surface area contributed by atoms with Crippen molar-refractivity contribution < 1.29 is 32.6 Å². The number of ether oxygens (including phenoxy) is 1. The molecular weight excluding hydrogens is 523 g/mol. The van der Waals surface area contributed by atoms with Gasteiger partial charge < -0.3 is 15.2 Å². The average molecular weight is 546 g/mol. The van der Waals surface area contributed by atoms with E-state index in [2.05, 4.69) is 15.2 Å². The number of aromatic nitrogens is 3. The van der Waals surface area contributed by atoms with Crippen LogP contribution in [0.5, 0.6) is 5.75 Å². The molecule has 0 radical (unpaired) electrons. The molecule has 9 nitrogen and oxygen atoms in total. The van der Waals surface area contributed by atoms with E-state index in [-0.39, 0.29) is 18.7 Å². The number of nitrogens with one attached hydrogen (secondary N) is 1. The standard InChI is InChI=1S/C25H22F3N5O4S/c26-25(27,28)37-21-8-4-2-6-18(21)23(36)29-10-16-9-20-17-5-1-3-7-19(17)30-24(33(20)31-16)38-14-15-11-32(12-15)13-22(34)35/h1-9,15H,10-14H2,(H,29,36)(H,34,35). The lowest BCUT2D eigenvalue weighted by molar-refractivity contribution is -0.274. The second kappa shape index (κ2) is 10.5. The first-order valence-corrected chi connectivity index (χ1v) is 12.6. The third-order valence-electron chi connectivity index (χ3n) is 5.96. The fourth-order valence-electron chi connectivity index (χ4n) is 4.31. The molecule has 4 aromatic rings. The zero-order chi connectivity index (χ0) is 26.9. The Labute approximate surface area is 218 Å². The van der Waals surface area contributed by atoms with Gasteiger partial charge in [-0.2, -0.15) is 5.10 Å². The first-order valence-electron chi connectivity index (χ1n) is 11.6. The molecule has 0 unspecified atom stereocenters. The Morgan fingerprint density at radius 2 is 1.87 bits per heavy atom. The van der Waals surface area contributed by atoms with Crippen molar-refractivity contribution in [2.75, 3.05) is 25.4 Å². The molecule has 1 fully saturated rings. The maximum Gasteiger partial charge on any atom is 0.573 e. The van der Waals surface area contributed by atoms with E-state index < -0.39 is 24.0 Å². The molecule has 2 aromatic carbocycles. The lowest BCUT2D eigenvalue weighted by atomic mass is 10.0. The van der Waals surface area contributed by atoms with E-state index in [1.54, 1.807) is 4.52 Å². The molecule has 1 aliphatic heterocycles. The smallest absolute Gasteiger partial charge is 0.480 e. The number of halogens is 3. The Balaban J connectivity index is 1.33. The summed E-state index contributed by atoms with van der Waals surface area (Å²) >= 11 is 1.52. The molecule has 38 heavy (non-hydrogen) atoms. The minimum Gasteiger partial charge on any atom is -0.480 e. The third-order valence-corrected chi connectivity index (χ3v) is 7.12. The molecule has 198 valence electrons. The van der Waals surface area contributed by atoms with Gasteiger partial charge in [0.15, 0.2) is 5.16 Å². The van der Waals surface area contributed by atoms with Crippen molar-refractivity contribution in [3.8, 4) is 5.75 Å². The van der Waals surface area contributed by atoms with E-state index in [1.807, 2.05) is 35.2 Å². The Morgan fingerprint density at radius 1 is 1.13 bits per heavy atom. The highest BCUT2D eigenvalue weighted by atomic mass is 32.2. The van der Waals surface area contributed by atoms with Crippen LogP contribution >= 0.6 is 11.8 Å². The van der Waals surface area contributed by atoms with Crippen molar-refractivity contribution in [1.82, 2.24) is 24.8 Å². The van der Waals surface area contributed by atoms with Crippen LogP contribution in [0.25, 0.3) is 16.4 Å². The summed E-state index contributed by atoms with van der Waals surface area (Å²) < 4.78 is 43.9. The van der Waals surface area contributed by atoms with Crippen LogP contribution in [0.15, 0.2) is 59.8 Å². The van der Waals surface area contributed by atoms with Gasteiger partial charge >= 0.3 is 12.3 Å². The third kappa shape index (κ3) is 5.83. The molecule has 0 bridgehead atoms. The summed E-state index contributed by atoms with van der Waals surface area (Å²) in [6.07, 6.45) is -4.92. The normalized spacial score (nSPS) is 14.5. The number of rotatable bonds is 9. The van der Waals surface area contributed by atoms with Gasteiger partial charge in [0.2, 0.25) is 0 Å². The summed E-state index contributed by atoms with van der Waals surface area (Å²) in [7, 11) is 0. The lowest BCUT2D eigenvalue weighted by Crippen LogP contribution is -2.49. The molecule has 1 aliphatic rings. The fraction of sp³-hybridized carbons (Fsp3) is 0.280. The van der Waals surface area contributed by atoms with E-state index in [0.29, 0.717) is 29.9 Å². The van der Waals surface area contributed by atoms with Gasteiger partial charge in [-0.15, -0.1) is 13.2 Å². The van der Waals surface area contributed by atoms with E-state index in [1.165, 1.54) is 30.0 Å². The van der Waals surface area contributed by atoms with E-state index in [9.17, 15) is 22.8 Å². The number of para-hydroxylation sites is 2. The van der Waals surface area contributed by atoms with Gasteiger partial charge in [0, 0.05) is 24.2 Å². The van der Waals surface area contributed by atoms with Crippen LogP contribution in [0.1, 0.15) is 16.1 Å². The van der Waals surface area contributed by atoms with Crippen LogP contribution in [-0.2, 0) is 11.3 Å². The topological polar surface area (TPSA) is 109 Å². The summed E-state index contributed by atoms with van der Waals surface area (Å²) in [6, 6.07) is 14.5. The van der Waals surface area contributed by atoms with Gasteiger partial charge in [-0.1, -0.05) is 42.1 Å². The maximum absolute atomic E-state index is 12.7. The van der Waals surface area contributed by atoms with Crippen LogP contribution in [0.3, 0.4) is 0 Å². The van der Waals surface area contributed by atoms with Crippen molar-refractivity contribution in [3.63, 3.8) is 0 Å². The molecule has 0 atom stereocenters. The Bertz CT molecular complexity index is 1500. The quantitative estimate of drug-likeness (QED) is 0.241. The fourth-order valence-corrected chi connectivity index (χ4v) is 5.33. The number of thioether (sulfide) groups is 1. The van der Waals surface area contributed by atoms with Crippen LogP contribution < -0.4 is 10.1 Å². The minimum atomic E-state index is -4.92. The molecule has 1 saturated heterocycles. The van der Waals surface area contributed by atoms with Gasteiger partial charge in [0.05, 0.1) is 35.4 Å². The van der Waals surface area contributed by atoms with Crippen molar-refractivity contribution in [2.45, 2.75) is 18.1 Å². The number of alkyl halides is 3. The summed E-state index contributed by atoms with van der Waals surface area (Å²) in [5.74, 6) is -1.09. The molecule has 2 N–H and O–H groups in total. The number of carboxylic acid groups (broad SMARTS) is 1. The summed E-state index contributed by atoms with van der Waals surface area (Å²) in [5, 5.41) is 17.7. The number of nitrogens with zero attached hydrogens (tertiary/aromatic N) is 4. The zero-order valence-electron chi connectivity index (χ0n) is 19.8. The van der Waals surface area contributed by atoms with Crippen LogP contribution in [0.4, 0.5) is 13.2 Å². The Kier molecular flexibility index (Phi) is 7.13. The monoisotopic (exact) mass is 545 g/mol. The number of carboxylic acids is 1. The highest BCUT2D eigenvalue weighted by Crippen LogP contribution is 2.29. The van der Waals surface area contributed by atoms with E-state index in [4.69, 9.17) is 10.1 Å². The molecular formula is C25H22F3N5O4S. The predicted molar refractivity (Wildman–Crippen MR) is 133 cm³/mol. The van der Waals surface area contributed by atoms with Crippen molar-refractivity contribution >= 4 is 40.1 Å². The maximum atomic E-state index is 12.7. The summed E-state index contributed by atoms with van der Waals surface area (Å²) in [4.78, 5) is 30.2. The number of amides is 1. The second-order valence-electron chi connectivity index (χ2n) is 8.84. The predicted octanol–water partition coefficient (Wildman–Crippen LogP) is 3.82. The van der Waals surface area contributed by atoms with Gasteiger partial charge in [0.1, 0.15) is 5.75 Å². The number of aliphatic carboxylic acids is 1. The molecule has 1 amide bonds. The molecule has 0 spiro atoms. The van der Waals surface area contributed by atoms with Gasteiger partial charge in [-0.3, -0.25) is 14.5 Å². The second-order valence-corrected chi connectivity index (χ2v) is 9.82. The number of benzene rings is 2. The molecule has 5 rings (SSSR count). The molecule has 3 heterocycles. The van der Waals surface area contributed by atoms with Crippen LogP contribution in [-0.4, -0.2) is 68.2 Å². The number of likely N-dealkylation sites (tertiary alicyclic amines) is 1. The molecule has 0 aliphatic carbocycles. The molecule has 0 saturated carbocycles. The van der Waals surface area contributed by atoms with Crippen molar-refractivity contribution in [1.29, 1.82) is 0 Å². The van der Waals surface area contributed by atoms with Gasteiger partial charge in [-0.25, -0.2) is 9.50 Å². The number of hydrogen-bond donors (Lipinski definition) is 2. The first-order chi connectivity index (χ1) is 18.2. The van der Waals surface area contributed by atoms with E-state index in [0.717, 1.165) is 28.2 Å². The van der Waals surface area contributed by atoms with Gasteiger partial charge in [-0.05, 0) is 30.2 Å². The number of carbonyl (C=O) groups excluding carboxylic acids is 1. The van der Waals surface area contributed by atoms with Crippen LogP contribution in [0.2, 0.25) is 0 Å². The number of fused-ring (bicyclic) bond motifs is 3. The minimum absolute atomic E-state index is 0.0218. The van der Waals surface area contributed by atoms with Crippen LogP contribution in [0, 0.1) is 5.92 Å². The Morgan fingerprint density at radius 3 is 2.63 bits per heavy atom. The van der Waals surface area contributed by atoms with Gasteiger partial charge in [0.25, 0.3) is 5.91 Å². The summed E-state index contributed by atoms with van der Waals surface area (Å²) in [5.41, 5.74) is 1.82. The SMILES string of the molecule is O=C(O)CN1CC(CSc2nc3ccccc3c3cc(CNC(=O)c4ccccc4OC(F)(F)F)nn23)C1. The number of hydrogen-bond acceptors (Lipinski definition) is 7. The first kappa shape index (κ1) is 25.8. The van der Waals surface area contributed by atoms with Crippen molar-refractivity contribution in [2.24, 2.45) is 5.92 Å². The summed E-state index contributed by atoms with van der Waals surface area (Å²) in [6.45, 7) is 1.41.